The van der Waals surface area contributed by atoms with Crippen molar-refractivity contribution < 1.29 is 9.90 Å². The van der Waals surface area contributed by atoms with Gasteiger partial charge in [0.25, 0.3) is 0 Å². The number of halogens is 1. The van der Waals surface area contributed by atoms with Crippen molar-refractivity contribution in [2.24, 2.45) is 0 Å². The highest BCUT2D eigenvalue weighted by Gasteiger charge is 2.12. The van der Waals surface area contributed by atoms with Crippen LogP contribution >= 0.6 is 11.6 Å². The molecule has 0 saturated carbocycles. The SMILES string of the molecule is O=C(O)c1cccc2nc(Cc3cccc(Cl)c3)nn12. The zero-order valence-corrected chi connectivity index (χ0v) is 11.1. The highest BCUT2D eigenvalue weighted by atomic mass is 35.5. The molecular formula is C14H10ClN3O2. The Balaban J connectivity index is 2.01. The first-order valence-electron chi connectivity index (χ1n) is 5.96. The molecule has 0 aliphatic carbocycles. The standard InChI is InChI=1S/C14H10ClN3O2/c15-10-4-1-3-9(7-10)8-12-16-13-6-2-5-11(14(19)20)18(13)17-12/h1-7H,8H2,(H,19,20). The van der Waals surface area contributed by atoms with E-state index in [4.69, 9.17) is 16.7 Å². The molecule has 0 spiro atoms. The summed E-state index contributed by atoms with van der Waals surface area (Å²) in [5.41, 5.74) is 1.58. The van der Waals surface area contributed by atoms with Gasteiger partial charge in [-0.15, -0.1) is 0 Å². The van der Waals surface area contributed by atoms with E-state index in [0.717, 1.165) is 5.56 Å². The Hall–Kier alpha value is -2.40. The van der Waals surface area contributed by atoms with Crippen molar-refractivity contribution in [3.05, 3.63) is 64.6 Å². The summed E-state index contributed by atoms with van der Waals surface area (Å²) >= 11 is 5.93. The van der Waals surface area contributed by atoms with Crippen molar-refractivity contribution in [1.82, 2.24) is 14.6 Å². The largest absolute Gasteiger partial charge is 0.477 e. The Morgan fingerprint density at radius 2 is 2.05 bits per heavy atom. The number of carbonyl (C=O) groups is 1. The Kier molecular flexibility index (Phi) is 3.12. The molecule has 3 aromatic rings. The van der Waals surface area contributed by atoms with Crippen molar-refractivity contribution in [2.75, 3.05) is 0 Å². The second-order valence-corrected chi connectivity index (χ2v) is 4.76. The average Bonchev–Trinajstić information content (AvgIpc) is 2.80. The molecule has 0 fully saturated rings. The molecule has 0 saturated heterocycles. The summed E-state index contributed by atoms with van der Waals surface area (Å²) in [5.74, 6) is -0.476. The highest BCUT2D eigenvalue weighted by molar-refractivity contribution is 6.30. The summed E-state index contributed by atoms with van der Waals surface area (Å²) in [6.07, 6.45) is 0.501. The second-order valence-electron chi connectivity index (χ2n) is 4.32. The molecule has 1 N–H and O–H groups in total. The topological polar surface area (TPSA) is 67.5 Å². The van der Waals surface area contributed by atoms with E-state index in [1.54, 1.807) is 18.2 Å². The van der Waals surface area contributed by atoms with Crippen LogP contribution in [-0.4, -0.2) is 25.7 Å². The van der Waals surface area contributed by atoms with Gasteiger partial charge in [-0.3, -0.25) is 0 Å². The Morgan fingerprint density at radius 3 is 2.80 bits per heavy atom. The third-order valence-corrected chi connectivity index (χ3v) is 3.11. The molecular weight excluding hydrogens is 278 g/mol. The Bertz CT molecular complexity index is 798. The van der Waals surface area contributed by atoms with Gasteiger partial charge >= 0.3 is 5.97 Å². The minimum absolute atomic E-state index is 0.0901. The summed E-state index contributed by atoms with van der Waals surface area (Å²) < 4.78 is 1.34. The smallest absolute Gasteiger partial charge is 0.354 e. The summed E-state index contributed by atoms with van der Waals surface area (Å²) in [5, 5.41) is 14.0. The molecule has 0 unspecified atom stereocenters. The first-order valence-corrected chi connectivity index (χ1v) is 6.34. The molecule has 1 aromatic carbocycles. The molecule has 0 aliphatic heterocycles. The van der Waals surface area contributed by atoms with Crippen LogP contribution in [0.1, 0.15) is 21.9 Å². The van der Waals surface area contributed by atoms with Gasteiger partial charge < -0.3 is 5.11 Å². The van der Waals surface area contributed by atoms with E-state index in [0.29, 0.717) is 22.9 Å². The first-order chi connectivity index (χ1) is 9.63. The van der Waals surface area contributed by atoms with Gasteiger partial charge in [0.05, 0.1) is 0 Å². The molecule has 2 aromatic heterocycles. The monoisotopic (exact) mass is 287 g/mol. The number of carboxylic acids is 1. The normalized spacial score (nSPS) is 10.8. The number of hydrogen-bond donors (Lipinski definition) is 1. The lowest BCUT2D eigenvalue weighted by Crippen LogP contribution is -2.05. The van der Waals surface area contributed by atoms with Gasteiger partial charge in [-0.2, -0.15) is 5.10 Å². The number of nitrogens with zero attached hydrogens (tertiary/aromatic N) is 3. The van der Waals surface area contributed by atoms with Gasteiger partial charge in [-0.05, 0) is 29.8 Å². The summed E-state index contributed by atoms with van der Waals surface area (Å²) in [7, 11) is 0. The van der Waals surface area contributed by atoms with Crippen LogP contribution in [0.5, 0.6) is 0 Å². The Morgan fingerprint density at radius 1 is 1.25 bits per heavy atom. The van der Waals surface area contributed by atoms with Crippen LogP contribution in [0, 0.1) is 0 Å². The number of fused-ring (bicyclic) bond motifs is 1. The van der Waals surface area contributed by atoms with Gasteiger partial charge in [-0.25, -0.2) is 14.3 Å². The molecule has 0 radical (unpaired) electrons. The van der Waals surface area contributed by atoms with Crippen molar-refractivity contribution in [3.63, 3.8) is 0 Å². The average molecular weight is 288 g/mol. The predicted molar refractivity (Wildman–Crippen MR) is 74.2 cm³/mol. The van der Waals surface area contributed by atoms with Gasteiger partial charge in [0.1, 0.15) is 0 Å². The molecule has 3 rings (SSSR count). The fourth-order valence-electron chi connectivity index (χ4n) is 2.02. The molecule has 0 atom stereocenters. The number of hydrogen-bond acceptors (Lipinski definition) is 3. The zero-order chi connectivity index (χ0) is 14.1. The molecule has 20 heavy (non-hydrogen) atoms. The first kappa shape index (κ1) is 12.6. The summed E-state index contributed by atoms with van der Waals surface area (Å²) in [4.78, 5) is 15.4. The number of aromatic nitrogens is 3. The van der Waals surface area contributed by atoms with Crippen LogP contribution in [0.3, 0.4) is 0 Å². The molecule has 0 aliphatic rings. The molecule has 5 nitrogen and oxygen atoms in total. The minimum atomic E-state index is -1.03. The second kappa shape index (κ2) is 4.94. The third kappa shape index (κ3) is 2.35. The maximum atomic E-state index is 11.1. The third-order valence-electron chi connectivity index (χ3n) is 2.87. The van der Waals surface area contributed by atoms with Crippen molar-refractivity contribution >= 4 is 23.2 Å². The van der Waals surface area contributed by atoms with E-state index in [2.05, 4.69) is 10.1 Å². The molecule has 2 heterocycles. The van der Waals surface area contributed by atoms with Crippen LogP contribution in [0.2, 0.25) is 5.02 Å². The number of rotatable bonds is 3. The lowest BCUT2D eigenvalue weighted by atomic mass is 10.1. The minimum Gasteiger partial charge on any atom is -0.477 e. The van der Waals surface area contributed by atoms with E-state index in [1.807, 2.05) is 18.2 Å². The van der Waals surface area contributed by atoms with E-state index in [9.17, 15) is 4.79 Å². The molecule has 6 heteroatoms. The van der Waals surface area contributed by atoms with Crippen molar-refractivity contribution in [2.45, 2.75) is 6.42 Å². The number of benzene rings is 1. The fourth-order valence-corrected chi connectivity index (χ4v) is 2.23. The fraction of sp³-hybridized carbons (Fsp3) is 0.0714. The zero-order valence-electron chi connectivity index (χ0n) is 10.3. The van der Waals surface area contributed by atoms with E-state index in [-0.39, 0.29) is 5.69 Å². The highest BCUT2D eigenvalue weighted by Crippen LogP contribution is 2.14. The van der Waals surface area contributed by atoms with E-state index in [1.165, 1.54) is 10.6 Å². The molecule has 0 bridgehead atoms. The predicted octanol–water partition coefficient (Wildman–Crippen LogP) is 2.67. The maximum absolute atomic E-state index is 11.1. The summed E-state index contributed by atoms with van der Waals surface area (Å²) in [6, 6.07) is 12.3. The quantitative estimate of drug-likeness (QED) is 0.804. The van der Waals surface area contributed by atoms with E-state index < -0.39 is 5.97 Å². The van der Waals surface area contributed by atoms with Gasteiger partial charge in [0, 0.05) is 11.4 Å². The lowest BCUT2D eigenvalue weighted by molar-refractivity contribution is 0.0687. The van der Waals surface area contributed by atoms with E-state index >= 15 is 0 Å². The van der Waals surface area contributed by atoms with Gasteiger partial charge in [0.15, 0.2) is 17.2 Å². The molecule has 100 valence electrons. The van der Waals surface area contributed by atoms with Crippen molar-refractivity contribution in [3.8, 4) is 0 Å². The van der Waals surface area contributed by atoms with Crippen LogP contribution in [0.4, 0.5) is 0 Å². The Labute approximate surface area is 119 Å². The van der Waals surface area contributed by atoms with Gasteiger partial charge in [0.2, 0.25) is 0 Å². The lowest BCUT2D eigenvalue weighted by Gasteiger charge is -1.97. The number of aromatic carboxylic acids is 1. The van der Waals surface area contributed by atoms with Crippen LogP contribution < -0.4 is 0 Å². The number of carboxylic acid groups (broad SMARTS) is 1. The van der Waals surface area contributed by atoms with Crippen LogP contribution in [-0.2, 0) is 6.42 Å². The van der Waals surface area contributed by atoms with Crippen LogP contribution in [0.25, 0.3) is 5.65 Å². The van der Waals surface area contributed by atoms with Crippen molar-refractivity contribution in [1.29, 1.82) is 0 Å². The molecule has 0 amide bonds. The number of pyridine rings is 1. The summed E-state index contributed by atoms with van der Waals surface area (Å²) in [6.45, 7) is 0. The van der Waals surface area contributed by atoms with Crippen LogP contribution in [0.15, 0.2) is 42.5 Å². The maximum Gasteiger partial charge on any atom is 0.354 e. The van der Waals surface area contributed by atoms with Gasteiger partial charge in [-0.1, -0.05) is 29.8 Å².